The quantitative estimate of drug-likeness (QED) is 0.487. The van der Waals surface area contributed by atoms with Crippen molar-refractivity contribution in [2.45, 2.75) is 12.5 Å². The van der Waals surface area contributed by atoms with Crippen LogP contribution in [0.3, 0.4) is 0 Å². The topological polar surface area (TPSA) is 91.7 Å². The molecular formula is C22H22BrN3O5. The molecule has 0 saturated carbocycles. The summed E-state index contributed by atoms with van der Waals surface area (Å²) < 4.78 is 17.9. The minimum absolute atomic E-state index is 0.0306. The number of rotatable bonds is 8. The molecule has 0 aliphatic carbocycles. The fourth-order valence-electron chi connectivity index (χ4n) is 3.02. The van der Waals surface area contributed by atoms with Crippen molar-refractivity contribution in [3.8, 4) is 17.2 Å². The van der Waals surface area contributed by atoms with Gasteiger partial charge in [-0.15, -0.1) is 0 Å². The van der Waals surface area contributed by atoms with Crippen molar-refractivity contribution in [1.82, 2.24) is 15.1 Å². The van der Waals surface area contributed by atoms with Crippen molar-refractivity contribution in [3.63, 3.8) is 0 Å². The second-order valence-corrected chi connectivity index (χ2v) is 7.49. The number of hydrogen-bond acceptors (Lipinski definition) is 6. The number of carbonyl (C=O) groups excluding carboxylic acids is 2. The number of benzene rings is 2. The number of ether oxygens (including phenoxy) is 3. The summed E-state index contributed by atoms with van der Waals surface area (Å²) in [5.41, 5.74) is 1.95. The monoisotopic (exact) mass is 487 g/mol. The Labute approximate surface area is 188 Å². The summed E-state index contributed by atoms with van der Waals surface area (Å²) in [4.78, 5) is 24.8. The zero-order chi connectivity index (χ0) is 22.4. The van der Waals surface area contributed by atoms with Gasteiger partial charge < -0.3 is 19.5 Å². The lowest BCUT2D eigenvalue weighted by Gasteiger charge is -2.20. The average molecular weight is 488 g/mol. The van der Waals surface area contributed by atoms with Gasteiger partial charge in [0, 0.05) is 11.8 Å². The van der Waals surface area contributed by atoms with Gasteiger partial charge in [-0.25, -0.2) is 4.68 Å². The third kappa shape index (κ3) is 5.43. The Hall–Kier alpha value is -3.33. The molecule has 0 bridgehead atoms. The number of carbonyl (C=O) groups is 2. The van der Waals surface area contributed by atoms with Gasteiger partial charge in [-0.3, -0.25) is 9.59 Å². The van der Waals surface area contributed by atoms with E-state index < -0.39 is 12.0 Å². The first kappa shape index (κ1) is 22.4. The molecule has 162 valence electrons. The minimum Gasteiger partial charge on any atom is -0.493 e. The number of aromatic nitrogens is 2. The van der Waals surface area contributed by atoms with Gasteiger partial charge in [0.25, 0.3) is 5.91 Å². The Kier molecular flexibility index (Phi) is 7.30. The molecule has 1 unspecified atom stereocenters. The second kappa shape index (κ2) is 10.1. The second-order valence-electron chi connectivity index (χ2n) is 6.57. The van der Waals surface area contributed by atoms with Gasteiger partial charge in [0.05, 0.1) is 50.1 Å². The normalized spacial score (nSPS) is 11.5. The van der Waals surface area contributed by atoms with Crippen LogP contribution in [0.5, 0.6) is 11.5 Å². The number of amides is 1. The van der Waals surface area contributed by atoms with Gasteiger partial charge in [0.15, 0.2) is 11.5 Å². The zero-order valence-corrected chi connectivity index (χ0v) is 18.9. The van der Waals surface area contributed by atoms with E-state index >= 15 is 0 Å². The third-order valence-corrected chi connectivity index (χ3v) is 5.07. The van der Waals surface area contributed by atoms with Crippen LogP contribution in [0.15, 0.2) is 59.3 Å². The van der Waals surface area contributed by atoms with Crippen molar-refractivity contribution in [1.29, 1.82) is 0 Å². The van der Waals surface area contributed by atoms with Crippen LogP contribution in [-0.4, -0.2) is 43.0 Å². The Balaban J connectivity index is 1.82. The van der Waals surface area contributed by atoms with Crippen LogP contribution in [0.4, 0.5) is 0 Å². The summed E-state index contributed by atoms with van der Waals surface area (Å²) in [6.07, 6.45) is 3.47. The summed E-state index contributed by atoms with van der Waals surface area (Å²) in [5.74, 6) is 0.283. The highest BCUT2D eigenvalue weighted by Crippen LogP contribution is 2.31. The lowest BCUT2D eigenvalue weighted by atomic mass is 10.0. The maximum absolute atomic E-state index is 12.9. The first-order chi connectivity index (χ1) is 14.9. The molecule has 1 heterocycles. The van der Waals surface area contributed by atoms with Gasteiger partial charge in [-0.2, -0.15) is 5.10 Å². The van der Waals surface area contributed by atoms with Crippen LogP contribution in [0.25, 0.3) is 5.69 Å². The first-order valence-corrected chi connectivity index (χ1v) is 10.1. The van der Waals surface area contributed by atoms with Crippen LogP contribution >= 0.6 is 15.9 Å². The summed E-state index contributed by atoms with van der Waals surface area (Å²) in [7, 11) is 4.37. The molecule has 0 radical (unpaired) electrons. The minimum atomic E-state index is -0.610. The summed E-state index contributed by atoms with van der Waals surface area (Å²) in [5, 5.41) is 7.12. The van der Waals surface area contributed by atoms with Crippen LogP contribution in [0.1, 0.15) is 28.4 Å². The number of methoxy groups -OCH3 is 3. The first-order valence-electron chi connectivity index (χ1n) is 9.35. The Bertz CT molecular complexity index is 1070. The van der Waals surface area contributed by atoms with Crippen molar-refractivity contribution < 1.29 is 23.8 Å². The van der Waals surface area contributed by atoms with Crippen molar-refractivity contribution in [3.05, 3.63) is 70.5 Å². The molecule has 0 saturated heterocycles. The van der Waals surface area contributed by atoms with E-state index in [0.717, 1.165) is 10.2 Å². The summed E-state index contributed by atoms with van der Waals surface area (Å²) in [6, 6.07) is 11.6. The lowest BCUT2D eigenvalue weighted by molar-refractivity contribution is -0.141. The molecule has 0 aliphatic rings. The molecule has 8 nitrogen and oxygen atoms in total. The molecule has 9 heteroatoms. The predicted octanol–water partition coefficient (Wildman–Crippen LogP) is 3.69. The van der Waals surface area contributed by atoms with Gasteiger partial charge in [-0.1, -0.05) is 6.07 Å². The van der Waals surface area contributed by atoms with E-state index in [-0.39, 0.29) is 12.3 Å². The van der Waals surface area contributed by atoms with Gasteiger partial charge in [0.2, 0.25) is 0 Å². The number of esters is 1. The van der Waals surface area contributed by atoms with Crippen molar-refractivity contribution in [2.24, 2.45) is 0 Å². The highest BCUT2D eigenvalue weighted by Gasteiger charge is 2.21. The van der Waals surface area contributed by atoms with Crippen molar-refractivity contribution in [2.75, 3.05) is 21.3 Å². The Morgan fingerprint density at radius 2 is 1.77 bits per heavy atom. The maximum Gasteiger partial charge on any atom is 0.307 e. The molecule has 31 heavy (non-hydrogen) atoms. The largest absolute Gasteiger partial charge is 0.493 e. The Morgan fingerprint density at radius 1 is 1.06 bits per heavy atom. The van der Waals surface area contributed by atoms with Crippen LogP contribution in [0, 0.1) is 0 Å². The SMILES string of the molecule is COC(=O)CC(NC(=O)c1ccc(-n2cc(Br)cn2)cc1)c1ccc(OC)c(OC)c1. The molecule has 1 atom stereocenters. The van der Waals surface area contributed by atoms with Crippen LogP contribution < -0.4 is 14.8 Å². The molecule has 1 N–H and O–H groups in total. The molecule has 0 spiro atoms. The zero-order valence-electron chi connectivity index (χ0n) is 17.3. The molecule has 1 aromatic heterocycles. The average Bonchev–Trinajstić information content (AvgIpc) is 3.24. The van der Waals surface area contributed by atoms with E-state index in [1.807, 2.05) is 6.20 Å². The number of nitrogens with one attached hydrogen (secondary N) is 1. The van der Waals surface area contributed by atoms with Crippen LogP contribution in [0.2, 0.25) is 0 Å². The van der Waals surface area contributed by atoms with Gasteiger partial charge in [0.1, 0.15) is 0 Å². The number of hydrogen-bond donors (Lipinski definition) is 1. The maximum atomic E-state index is 12.9. The molecule has 3 aromatic rings. The molecular weight excluding hydrogens is 466 g/mol. The number of halogens is 1. The fourth-order valence-corrected chi connectivity index (χ4v) is 3.31. The molecule has 2 aromatic carbocycles. The van der Waals surface area contributed by atoms with E-state index in [9.17, 15) is 9.59 Å². The predicted molar refractivity (Wildman–Crippen MR) is 118 cm³/mol. The molecule has 0 fully saturated rings. The van der Waals surface area contributed by atoms with E-state index in [0.29, 0.717) is 22.6 Å². The van der Waals surface area contributed by atoms with Crippen LogP contribution in [-0.2, 0) is 9.53 Å². The lowest BCUT2D eigenvalue weighted by Crippen LogP contribution is -2.30. The third-order valence-electron chi connectivity index (χ3n) is 4.66. The van der Waals surface area contributed by atoms with E-state index in [2.05, 4.69) is 26.3 Å². The smallest absolute Gasteiger partial charge is 0.307 e. The Morgan fingerprint density at radius 3 is 2.35 bits per heavy atom. The molecule has 0 aliphatic heterocycles. The summed E-state index contributed by atoms with van der Waals surface area (Å²) >= 11 is 3.36. The van der Waals surface area contributed by atoms with E-state index in [1.54, 1.807) is 53.3 Å². The number of nitrogens with zero attached hydrogens (tertiary/aromatic N) is 2. The molecule has 1 amide bonds. The highest BCUT2D eigenvalue weighted by atomic mass is 79.9. The van der Waals surface area contributed by atoms with E-state index in [4.69, 9.17) is 14.2 Å². The standard InChI is InChI=1S/C22H22BrN3O5/c1-29-19-9-6-15(10-20(19)30-2)18(11-21(27)31-3)25-22(28)14-4-7-17(8-5-14)26-13-16(23)12-24-26/h4-10,12-13,18H,11H2,1-3H3,(H,25,28). The fraction of sp³-hybridized carbons (Fsp3) is 0.227. The summed E-state index contributed by atoms with van der Waals surface area (Å²) in [6.45, 7) is 0. The van der Waals surface area contributed by atoms with Gasteiger partial charge >= 0.3 is 5.97 Å². The van der Waals surface area contributed by atoms with E-state index in [1.165, 1.54) is 21.3 Å². The van der Waals surface area contributed by atoms with Gasteiger partial charge in [-0.05, 0) is 57.9 Å². The van der Waals surface area contributed by atoms with Crippen molar-refractivity contribution >= 4 is 27.8 Å². The molecule has 3 rings (SSSR count). The highest BCUT2D eigenvalue weighted by molar-refractivity contribution is 9.10.